The Morgan fingerprint density at radius 3 is 2.76 bits per heavy atom. The highest BCUT2D eigenvalue weighted by atomic mass is 32.2. The summed E-state index contributed by atoms with van der Waals surface area (Å²) < 4.78 is 13.5. The fourth-order valence-electron chi connectivity index (χ4n) is 2.64. The van der Waals surface area contributed by atoms with Gasteiger partial charge in [-0.3, -0.25) is 9.00 Å². The number of rotatable bonds is 2. The molecule has 1 atom stereocenters. The van der Waals surface area contributed by atoms with Gasteiger partial charge in [-0.15, -0.1) is 0 Å². The molecule has 3 rings (SSSR count). The third-order valence-corrected chi connectivity index (χ3v) is 4.75. The van der Waals surface area contributed by atoms with Crippen LogP contribution in [0.3, 0.4) is 0 Å². The molecule has 1 aliphatic rings. The van der Waals surface area contributed by atoms with Gasteiger partial charge in [0.25, 0.3) is 0 Å². The normalized spacial score (nSPS) is 16.8. The zero-order valence-electron chi connectivity index (χ0n) is 12.3. The highest BCUT2D eigenvalue weighted by Crippen LogP contribution is 2.32. The third kappa shape index (κ3) is 2.51. The van der Waals surface area contributed by atoms with E-state index in [0.29, 0.717) is 17.3 Å². The van der Waals surface area contributed by atoms with Crippen molar-refractivity contribution in [2.75, 3.05) is 5.32 Å². The largest absolute Gasteiger partial charge is 0.311 e. The van der Waals surface area contributed by atoms with Crippen molar-refractivity contribution in [2.45, 2.75) is 32.3 Å². The highest BCUT2D eigenvalue weighted by Gasteiger charge is 2.28. The van der Waals surface area contributed by atoms with E-state index in [9.17, 15) is 9.00 Å². The van der Waals surface area contributed by atoms with E-state index in [1.54, 1.807) is 4.68 Å². The molecule has 1 amide bonds. The molecule has 0 saturated heterocycles. The van der Waals surface area contributed by atoms with Gasteiger partial charge >= 0.3 is 0 Å². The summed E-state index contributed by atoms with van der Waals surface area (Å²) in [5, 5.41) is 7.41. The van der Waals surface area contributed by atoms with Crippen molar-refractivity contribution >= 4 is 22.5 Å². The van der Waals surface area contributed by atoms with E-state index in [1.165, 1.54) is 12.5 Å². The van der Waals surface area contributed by atoms with Crippen molar-refractivity contribution in [2.24, 2.45) is 0 Å². The summed E-state index contributed by atoms with van der Waals surface area (Å²) >= 11 is 0. The number of aryl methyl sites for hydroxylation is 2. The first kappa shape index (κ1) is 14.0. The molecule has 0 saturated carbocycles. The molecule has 2 heterocycles. The Hall–Kier alpha value is -1.95. The zero-order chi connectivity index (χ0) is 15.1. The van der Waals surface area contributed by atoms with E-state index in [0.717, 1.165) is 22.5 Å². The summed E-state index contributed by atoms with van der Waals surface area (Å²) in [6, 6.07) is 6.10. The van der Waals surface area contributed by atoms with Crippen LogP contribution in [0.1, 0.15) is 29.3 Å². The SMILES string of the molecule is CC(=O)Nc1c2c(nn1-c1ccc(C)cc1C)C[S@](=O)C2. The van der Waals surface area contributed by atoms with Crippen LogP contribution in [-0.2, 0) is 27.1 Å². The number of nitrogens with one attached hydrogen (secondary N) is 1. The molecule has 2 aromatic rings. The number of amides is 1. The maximum Gasteiger partial charge on any atom is 0.222 e. The van der Waals surface area contributed by atoms with Crippen LogP contribution in [0.15, 0.2) is 18.2 Å². The number of benzene rings is 1. The lowest BCUT2D eigenvalue weighted by Crippen LogP contribution is -2.13. The van der Waals surface area contributed by atoms with E-state index in [4.69, 9.17) is 0 Å². The van der Waals surface area contributed by atoms with Crippen molar-refractivity contribution in [3.8, 4) is 5.69 Å². The van der Waals surface area contributed by atoms with E-state index >= 15 is 0 Å². The lowest BCUT2D eigenvalue weighted by molar-refractivity contribution is -0.114. The summed E-state index contributed by atoms with van der Waals surface area (Å²) in [7, 11) is -0.914. The highest BCUT2D eigenvalue weighted by molar-refractivity contribution is 7.83. The molecule has 21 heavy (non-hydrogen) atoms. The smallest absolute Gasteiger partial charge is 0.222 e. The standard InChI is InChI=1S/C15H17N3O2S/c1-9-4-5-14(10(2)6-9)18-15(16-11(3)19)12-7-21(20)8-13(12)17-18/h4-6H,7-8H2,1-3H3,(H,16,19)/t21-/m1/s1. The Kier molecular flexibility index (Phi) is 3.41. The minimum atomic E-state index is -0.914. The summed E-state index contributed by atoms with van der Waals surface area (Å²) in [6.07, 6.45) is 0. The summed E-state index contributed by atoms with van der Waals surface area (Å²) in [4.78, 5) is 11.5. The second-order valence-corrected chi connectivity index (χ2v) is 6.84. The predicted molar refractivity (Wildman–Crippen MR) is 82.9 cm³/mol. The monoisotopic (exact) mass is 303 g/mol. The Morgan fingerprint density at radius 2 is 2.10 bits per heavy atom. The third-order valence-electron chi connectivity index (χ3n) is 3.54. The predicted octanol–water partition coefficient (Wildman–Crippen LogP) is 2.21. The number of carbonyl (C=O) groups excluding carboxylic acids is 1. The molecule has 1 N–H and O–H groups in total. The summed E-state index contributed by atoms with van der Waals surface area (Å²) in [5.41, 5.74) is 4.91. The lowest BCUT2D eigenvalue weighted by Gasteiger charge is -2.12. The van der Waals surface area contributed by atoms with Crippen molar-refractivity contribution in [1.29, 1.82) is 0 Å². The minimum absolute atomic E-state index is 0.151. The van der Waals surface area contributed by atoms with Gasteiger partial charge in [0.2, 0.25) is 5.91 Å². The number of carbonyl (C=O) groups is 1. The van der Waals surface area contributed by atoms with Crippen molar-refractivity contribution < 1.29 is 9.00 Å². The van der Waals surface area contributed by atoms with Gasteiger partial charge in [0.15, 0.2) is 0 Å². The van der Waals surface area contributed by atoms with Gasteiger partial charge in [-0.25, -0.2) is 4.68 Å². The van der Waals surface area contributed by atoms with E-state index < -0.39 is 10.8 Å². The first-order chi connectivity index (χ1) is 9.95. The zero-order valence-corrected chi connectivity index (χ0v) is 13.1. The van der Waals surface area contributed by atoms with Crippen LogP contribution in [0.2, 0.25) is 0 Å². The molecular formula is C15H17N3O2S. The number of anilines is 1. The fourth-order valence-corrected chi connectivity index (χ4v) is 3.90. The molecule has 5 nitrogen and oxygen atoms in total. The van der Waals surface area contributed by atoms with Gasteiger partial charge in [-0.2, -0.15) is 5.10 Å². The van der Waals surface area contributed by atoms with Gasteiger partial charge in [-0.1, -0.05) is 17.7 Å². The Morgan fingerprint density at radius 1 is 1.33 bits per heavy atom. The summed E-state index contributed by atoms with van der Waals surface area (Å²) in [6.45, 7) is 5.53. The van der Waals surface area contributed by atoms with Gasteiger partial charge in [0, 0.05) is 23.3 Å². The van der Waals surface area contributed by atoms with E-state index in [-0.39, 0.29) is 5.91 Å². The summed E-state index contributed by atoms with van der Waals surface area (Å²) in [5.74, 6) is 1.41. The van der Waals surface area contributed by atoms with Crippen LogP contribution in [0, 0.1) is 13.8 Å². The Balaban J connectivity index is 2.16. The van der Waals surface area contributed by atoms with E-state index in [1.807, 2.05) is 26.0 Å². The molecule has 0 radical (unpaired) electrons. The van der Waals surface area contributed by atoms with Crippen LogP contribution >= 0.6 is 0 Å². The van der Waals surface area contributed by atoms with Gasteiger partial charge in [-0.05, 0) is 25.5 Å². The lowest BCUT2D eigenvalue weighted by atomic mass is 10.1. The molecule has 0 spiro atoms. The average molecular weight is 303 g/mol. The molecular weight excluding hydrogens is 286 g/mol. The van der Waals surface area contributed by atoms with E-state index in [2.05, 4.69) is 16.5 Å². The van der Waals surface area contributed by atoms with Crippen molar-refractivity contribution in [3.63, 3.8) is 0 Å². The molecule has 1 aliphatic heterocycles. The van der Waals surface area contributed by atoms with Crippen LogP contribution in [-0.4, -0.2) is 19.9 Å². The number of hydrogen-bond acceptors (Lipinski definition) is 3. The van der Waals surface area contributed by atoms with Crippen LogP contribution < -0.4 is 5.32 Å². The number of fused-ring (bicyclic) bond motifs is 1. The molecule has 110 valence electrons. The van der Waals surface area contributed by atoms with Gasteiger partial charge in [0.05, 0.1) is 22.9 Å². The second-order valence-electron chi connectivity index (χ2n) is 5.39. The molecule has 1 aromatic heterocycles. The van der Waals surface area contributed by atoms with Crippen LogP contribution in [0.4, 0.5) is 5.82 Å². The number of hydrogen-bond donors (Lipinski definition) is 1. The second kappa shape index (κ2) is 5.11. The number of aromatic nitrogens is 2. The molecule has 0 fully saturated rings. The van der Waals surface area contributed by atoms with Crippen LogP contribution in [0.5, 0.6) is 0 Å². The molecule has 0 bridgehead atoms. The topological polar surface area (TPSA) is 64.0 Å². The Labute approximate surface area is 125 Å². The maximum atomic E-state index is 11.7. The molecule has 6 heteroatoms. The van der Waals surface area contributed by atoms with Crippen molar-refractivity contribution in [3.05, 3.63) is 40.6 Å². The van der Waals surface area contributed by atoms with Crippen LogP contribution in [0.25, 0.3) is 5.69 Å². The fraction of sp³-hybridized carbons (Fsp3) is 0.333. The van der Waals surface area contributed by atoms with Gasteiger partial charge in [0.1, 0.15) is 5.82 Å². The first-order valence-corrected chi connectivity index (χ1v) is 8.25. The number of nitrogens with zero attached hydrogens (tertiary/aromatic N) is 2. The molecule has 1 aromatic carbocycles. The van der Waals surface area contributed by atoms with Gasteiger partial charge < -0.3 is 5.32 Å². The Bertz CT molecular complexity index is 765. The maximum absolute atomic E-state index is 11.7. The quantitative estimate of drug-likeness (QED) is 0.925. The molecule has 0 unspecified atom stereocenters. The van der Waals surface area contributed by atoms with Crippen molar-refractivity contribution in [1.82, 2.24) is 9.78 Å². The molecule has 0 aliphatic carbocycles. The average Bonchev–Trinajstić information content (AvgIpc) is 2.87. The first-order valence-electron chi connectivity index (χ1n) is 6.76. The minimum Gasteiger partial charge on any atom is -0.311 e.